The molecule has 1 atom stereocenters. The topological polar surface area (TPSA) is 82.4 Å². The van der Waals surface area contributed by atoms with Gasteiger partial charge in [-0.25, -0.2) is 0 Å². The Labute approximate surface area is 165 Å². The Morgan fingerprint density at radius 1 is 1.21 bits per heavy atom. The molecule has 0 unspecified atom stereocenters. The molecule has 5 rings (SSSR count). The highest BCUT2D eigenvalue weighted by atomic mass is 32.1. The molecule has 1 fully saturated rings. The van der Waals surface area contributed by atoms with Gasteiger partial charge in [-0.1, -0.05) is 12.1 Å². The minimum Gasteiger partial charge on any atom is -0.486 e. The van der Waals surface area contributed by atoms with Gasteiger partial charge in [0, 0.05) is 6.54 Å². The number of benzene rings is 1. The Morgan fingerprint density at radius 2 is 2.11 bits per heavy atom. The average molecular weight is 397 g/mol. The summed E-state index contributed by atoms with van der Waals surface area (Å²) in [5.41, 5.74) is 1.07. The lowest BCUT2D eigenvalue weighted by Crippen LogP contribution is -2.34. The molecule has 4 heterocycles. The highest BCUT2D eigenvalue weighted by molar-refractivity contribution is 7.13. The summed E-state index contributed by atoms with van der Waals surface area (Å²) in [6.45, 7) is 1.93. The molecule has 0 radical (unpaired) electrons. The number of amides is 1. The first-order chi connectivity index (χ1) is 13.8. The number of hydrogen-bond acceptors (Lipinski definition) is 7. The molecule has 2 aromatic heterocycles. The normalized spacial score (nSPS) is 18.4. The van der Waals surface area contributed by atoms with Crippen molar-refractivity contribution >= 4 is 17.2 Å². The van der Waals surface area contributed by atoms with Gasteiger partial charge in [0.1, 0.15) is 19.8 Å². The van der Waals surface area contributed by atoms with Crippen LogP contribution in [0.2, 0.25) is 0 Å². The van der Waals surface area contributed by atoms with Crippen LogP contribution >= 0.6 is 11.3 Å². The van der Waals surface area contributed by atoms with Crippen molar-refractivity contribution in [3.05, 3.63) is 41.3 Å². The van der Waals surface area contributed by atoms with Crippen LogP contribution in [0.1, 0.15) is 24.4 Å². The highest BCUT2D eigenvalue weighted by Crippen LogP contribution is 2.38. The highest BCUT2D eigenvalue weighted by Gasteiger charge is 2.31. The van der Waals surface area contributed by atoms with Crippen molar-refractivity contribution in [2.45, 2.75) is 25.4 Å². The summed E-state index contributed by atoms with van der Waals surface area (Å²) in [7, 11) is 0. The second kappa shape index (κ2) is 7.23. The van der Waals surface area contributed by atoms with Crippen molar-refractivity contribution in [2.75, 3.05) is 19.8 Å². The molecule has 8 nitrogen and oxygen atoms in total. The van der Waals surface area contributed by atoms with Crippen LogP contribution in [-0.4, -0.2) is 50.8 Å². The zero-order valence-electron chi connectivity index (χ0n) is 15.2. The number of aromatic nitrogens is 4. The first-order valence-corrected chi connectivity index (χ1v) is 10.2. The summed E-state index contributed by atoms with van der Waals surface area (Å²) in [6.07, 6.45) is 1.90. The van der Waals surface area contributed by atoms with E-state index < -0.39 is 0 Å². The van der Waals surface area contributed by atoms with Gasteiger partial charge in [0.25, 0.3) is 0 Å². The molecular formula is C19H19N5O3S. The number of carbonyl (C=O) groups is 1. The third-order valence-electron chi connectivity index (χ3n) is 5.00. The lowest BCUT2D eigenvalue weighted by Gasteiger charge is -2.26. The third-order valence-corrected chi connectivity index (χ3v) is 5.86. The molecule has 2 aliphatic heterocycles. The van der Waals surface area contributed by atoms with Gasteiger partial charge in [-0.2, -0.15) is 4.80 Å². The number of ether oxygens (including phenoxy) is 2. The van der Waals surface area contributed by atoms with Crippen molar-refractivity contribution in [1.29, 1.82) is 0 Å². The fraction of sp³-hybridized carbons (Fsp3) is 0.368. The standard InChI is InChI=1S/C19H19N5O3S/c25-18(12-24-21-19(20-22-24)17-4-2-10-28-17)23-7-1-3-14(23)13-5-6-15-16(11-13)27-9-8-26-15/h2,4-6,10-11,14H,1,3,7-9,12H2/t14-/m0/s1. The van der Waals surface area contributed by atoms with Crippen LogP contribution in [-0.2, 0) is 11.3 Å². The number of thiophene rings is 1. The van der Waals surface area contributed by atoms with Gasteiger partial charge < -0.3 is 14.4 Å². The van der Waals surface area contributed by atoms with Crippen LogP contribution in [0.15, 0.2) is 35.7 Å². The second-order valence-corrected chi connectivity index (χ2v) is 7.72. The SMILES string of the molecule is O=C(Cn1nnc(-c2cccs2)n1)N1CCC[C@H]1c1ccc2c(c1)OCCO2. The predicted molar refractivity (Wildman–Crippen MR) is 102 cm³/mol. The van der Waals surface area contributed by atoms with E-state index in [2.05, 4.69) is 15.4 Å². The first kappa shape index (κ1) is 17.2. The predicted octanol–water partition coefficient (Wildman–Crippen LogP) is 2.54. The monoisotopic (exact) mass is 397 g/mol. The summed E-state index contributed by atoms with van der Waals surface area (Å²) in [6, 6.07) is 9.85. The summed E-state index contributed by atoms with van der Waals surface area (Å²) in [5, 5.41) is 14.4. The number of tetrazole rings is 1. The van der Waals surface area contributed by atoms with E-state index in [1.165, 1.54) is 4.80 Å². The van der Waals surface area contributed by atoms with Crippen LogP contribution in [0.4, 0.5) is 0 Å². The van der Waals surface area contributed by atoms with Crippen LogP contribution in [0.25, 0.3) is 10.7 Å². The molecule has 144 valence electrons. The van der Waals surface area contributed by atoms with Crippen LogP contribution < -0.4 is 9.47 Å². The smallest absolute Gasteiger partial charge is 0.246 e. The van der Waals surface area contributed by atoms with E-state index in [-0.39, 0.29) is 18.5 Å². The molecule has 0 spiro atoms. The van der Waals surface area contributed by atoms with E-state index in [1.807, 2.05) is 40.6 Å². The largest absolute Gasteiger partial charge is 0.486 e. The maximum absolute atomic E-state index is 12.9. The van der Waals surface area contributed by atoms with Gasteiger partial charge in [-0.3, -0.25) is 4.79 Å². The van der Waals surface area contributed by atoms with Gasteiger partial charge in [0.05, 0.1) is 10.9 Å². The van der Waals surface area contributed by atoms with Crippen molar-refractivity contribution in [3.63, 3.8) is 0 Å². The Hall–Kier alpha value is -2.94. The van der Waals surface area contributed by atoms with Gasteiger partial charge in [0.15, 0.2) is 11.5 Å². The van der Waals surface area contributed by atoms with Crippen molar-refractivity contribution in [1.82, 2.24) is 25.1 Å². The first-order valence-electron chi connectivity index (χ1n) is 9.28. The van der Waals surface area contributed by atoms with Gasteiger partial charge in [-0.05, 0) is 47.2 Å². The number of hydrogen-bond donors (Lipinski definition) is 0. The molecule has 0 aliphatic carbocycles. The van der Waals surface area contributed by atoms with Crippen LogP contribution in [0.3, 0.4) is 0 Å². The van der Waals surface area contributed by atoms with Crippen LogP contribution in [0, 0.1) is 0 Å². The Kier molecular flexibility index (Phi) is 4.44. The maximum Gasteiger partial charge on any atom is 0.246 e. The summed E-state index contributed by atoms with van der Waals surface area (Å²) in [5.74, 6) is 2.06. The van der Waals surface area contributed by atoms with E-state index in [1.54, 1.807) is 11.3 Å². The fourth-order valence-corrected chi connectivity index (χ4v) is 4.35. The Bertz CT molecular complexity index is 987. The third kappa shape index (κ3) is 3.22. The van der Waals surface area contributed by atoms with Gasteiger partial charge >= 0.3 is 0 Å². The van der Waals surface area contributed by atoms with Gasteiger partial charge in [0.2, 0.25) is 11.7 Å². The van der Waals surface area contributed by atoms with E-state index >= 15 is 0 Å². The molecular weight excluding hydrogens is 378 g/mol. The zero-order valence-corrected chi connectivity index (χ0v) is 16.0. The van der Waals surface area contributed by atoms with Crippen molar-refractivity contribution in [2.24, 2.45) is 0 Å². The van der Waals surface area contributed by atoms with Crippen LogP contribution in [0.5, 0.6) is 11.5 Å². The number of fused-ring (bicyclic) bond motifs is 1. The molecule has 9 heteroatoms. The molecule has 1 aromatic carbocycles. The minimum absolute atomic E-state index is 0.00693. The number of likely N-dealkylation sites (tertiary alicyclic amines) is 1. The zero-order chi connectivity index (χ0) is 18.9. The number of carbonyl (C=O) groups excluding carboxylic acids is 1. The van der Waals surface area contributed by atoms with Crippen molar-refractivity contribution in [3.8, 4) is 22.2 Å². The molecule has 0 N–H and O–H groups in total. The molecule has 0 saturated carbocycles. The Balaban J connectivity index is 1.32. The number of rotatable bonds is 4. The molecule has 28 heavy (non-hydrogen) atoms. The molecule has 0 bridgehead atoms. The van der Waals surface area contributed by atoms with E-state index in [9.17, 15) is 4.79 Å². The number of nitrogens with zero attached hydrogens (tertiary/aromatic N) is 5. The summed E-state index contributed by atoms with van der Waals surface area (Å²) >= 11 is 1.55. The molecule has 2 aliphatic rings. The van der Waals surface area contributed by atoms with Crippen molar-refractivity contribution < 1.29 is 14.3 Å². The second-order valence-electron chi connectivity index (χ2n) is 6.77. The quantitative estimate of drug-likeness (QED) is 0.673. The summed E-state index contributed by atoms with van der Waals surface area (Å²) in [4.78, 5) is 17.1. The average Bonchev–Trinajstić information content (AvgIpc) is 3.48. The summed E-state index contributed by atoms with van der Waals surface area (Å²) < 4.78 is 11.3. The molecule has 3 aromatic rings. The fourth-order valence-electron chi connectivity index (χ4n) is 3.71. The Morgan fingerprint density at radius 3 is 2.96 bits per heavy atom. The lowest BCUT2D eigenvalue weighted by molar-refractivity contribution is -0.133. The molecule has 1 amide bonds. The maximum atomic E-state index is 12.9. The minimum atomic E-state index is -0.00693. The van der Waals surface area contributed by atoms with E-state index in [0.717, 1.165) is 41.3 Å². The lowest BCUT2D eigenvalue weighted by atomic mass is 10.0. The van der Waals surface area contributed by atoms with E-state index in [0.29, 0.717) is 19.0 Å². The molecule has 1 saturated heterocycles. The van der Waals surface area contributed by atoms with E-state index in [4.69, 9.17) is 9.47 Å². The van der Waals surface area contributed by atoms with Gasteiger partial charge in [-0.15, -0.1) is 21.5 Å².